The van der Waals surface area contributed by atoms with Crippen LogP contribution in [0.4, 0.5) is 0 Å². The Kier molecular flexibility index (Phi) is 4.19. The summed E-state index contributed by atoms with van der Waals surface area (Å²) in [5.41, 5.74) is 3.08. The van der Waals surface area contributed by atoms with Crippen molar-refractivity contribution in [1.82, 2.24) is 25.0 Å². The molecule has 3 aromatic heterocycles. The number of ether oxygens (including phenoxy) is 2. The van der Waals surface area contributed by atoms with Gasteiger partial charge in [-0.1, -0.05) is 0 Å². The molecule has 0 spiro atoms. The largest absolute Gasteiger partial charge is 0.461 e. The van der Waals surface area contributed by atoms with Crippen LogP contribution in [0.15, 0.2) is 24.4 Å². The maximum absolute atomic E-state index is 12.0. The zero-order valence-corrected chi connectivity index (χ0v) is 13.9. The summed E-state index contributed by atoms with van der Waals surface area (Å²) in [6.45, 7) is 2.81. The molecule has 1 unspecified atom stereocenters. The van der Waals surface area contributed by atoms with E-state index in [1.165, 1.54) is 0 Å². The van der Waals surface area contributed by atoms with E-state index in [9.17, 15) is 4.79 Å². The van der Waals surface area contributed by atoms with Crippen molar-refractivity contribution in [2.45, 2.75) is 32.4 Å². The van der Waals surface area contributed by atoms with Crippen molar-refractivity contribution in [3.8, 4) is 11.4 Å². The van der Waals surface area contributed by atoms with Crippen molar-refractivity contribution >= 4 is 17.0 Å². The molecule has 0 aliphatic carbocycles. The van der Waals surface area contributed by atoms with Crippen LogP contribution in [0.3, 0.4) is 0 Å². The van der Waals surface area contributed by atoms with E-state index in [0.29, 0.717) is 17.8 Å². The SMILES string of the molecule is CCOC(=O)c1ccc2[nH]nc(-c3ccnn3C3CCCCO3)c2n1. The quantitative estimate of drug-likeness (QED) is 0.733. The Bertz CT molecular complexity index is 895. The lowest BCUT2D eigenvalue weighted by Gasteiger charge is -2.24. The highest BCUT2D eigenvalue weighted by molar-refractivity contribution is 5.94. The number of pyridine rings is 1. The molecule has 8 nitrogen and oxygen atoms in total. The number of carbonyl (C=O) groups excluding carboxylic acids is 1. The summed E-state index contributed by atoms with van der Waals surface area (Å²) in [5.74, 6) is -0.444. The van der Waals surface area contributed by atoms with Crippen molar-refractivity contribution in [3.05, 3.63) is 30.1 Å². The maximum atomic E-state index is 12.0. The second-order valence-corrected chi connectivity index (χ2v) is 5.87. The molecule has 0 radical (unpaired) electrons. The fraction of sp³-hybridized carbons (Fsp3) is 0.412. The minimum absolute atomic E-state index is 0.0984. The summed E-state index contributed by atoms with van der Waals surface area (Å²) in [4.78, 5) is 16.4. The molecule has 4 heterocycles. The van der Waals surface area contributed by atoms with Gasteiger partial charge in [0.1, 0.15) is 16.9 Å². The molecule has 1 saturated heterocycles. The van der Waals surface area contributed by atoms with Gasteiger partial charge in [0, 0.05) is 12.8 Å². The number of rotatable bonds is 4. The molecule has 8 heteroatoms. The summed E-state index contributed by atoms with van der Waals surface area (Å²) in [7, 11) is 0. The Labute approximate surface area is 144 Å². The minimum Gasteiger partial charge on any atom is -0.461 e. The Morgan fingerprint density at radius 1 is 1.40 bits per heavy atom. The summed E-state index contributed by atoms with van der Waals surface area (Å²) < 4.78 is 12.7. The van der Waals surface area contributed by atoms with Crippen LogP contribution in [-0.2, 0) is 9.47 Å². The second-order valence-electron chi connectivity index (χ2n) is 5.87. The fourth-order valence-corrected chi connectivity index (χ4v) is 3.04. The first-order chi connectivity index (χ1) is 12.3. The third-order valence-corrected chi connectivity index (χ3v) is 4.23. The topological polar surface area (TPSA) is 94.9 Å². The standard InChI is InChI=1S/C17H19N5O3/c1-2-24-17(23)12-7-6-11-15(19-12)16(21-20-11)13-8-9-18-22(13)14-5-3-4-10-25-14/h6-9,14H,2-5,10H2,1H3,(H,20,21). The molecule has 3 aromatic rings. The molecular weight excluding hydrogens is 322 g/mol. The van der Waals surface area contributed by atoms with Crippen molar-refractivity contribution in [2.24, 2.45) is 0 Å². The molecule has 1 fully saturated rings. The molecule has 4 rings (SSSR count). The van der Waals surface area contributed by atoms with Gasteiger partial charge in [-0.15, -0.1) is 0 Å². The van der Waals surface area contributed by atoms with Gasteiger partial charge in [0.25, 0.3) is 0 Å². The third-order valence-electron chi connectivity index (χ3n) is 4.23. The monoisotopic (exact) mass is 341 g/mol. The van der Waals surface area contributed by atoms with Crippen molar-refractivity contribution in [2.75, 3.05) is 13.2 Å². The number of hydrogen-bond acceptors (Lipinski definition) is 6. The van der Waals surface area contributed by atoms with Gasteiger partial charge in [-0.3, -0.25) is 5.10 Å². The number of hydrogen-bond donors (Lipinski definition) is 1. The molecule has 0 aromatic carbocycles. The smallest absolute Gasteiger partial charge is 0.356 e. The Balaban J connectivity index is 1.76. The molecule has 25 heavy (non-hydrogen) atoms. The van der Waals surface area contributed by atoms with Gasteiger partial charge < -0.3 is 9.47 Å². The summed E-state index contributed by atoms with van der Waals surface area (Å²) in [6, 6.07) is 5.29. The Morgan fingerprint density at radius 3 is 3.12 bits per heavy atom. The predicted octanol–water partition coefficient (Wildman–Crippen LogP) is 2.70. The van der Waals surface area contributed by atoms with Gasteiger partial charge >= 0.3 is 5.97 Å². The zero-order chi connectivity index (χ0) is 17.2. The number of nitrogens with one attached hydrogen (secondary N) is 1. The number of H-pyrrole nitrogens is 1. The third kappa shape index (κ3) is 2.89. The van der Waals surface area contributed by atoms with E-state index in [4.69, 9.17) is 9.47 Å². The van der Waals surface area contributed by atoms with E-state index >= 15 is 0 Å². The first-order valence-corrected chi connectivity index (χ1v) is 8.45. The summed E-state index contributed by atoms with van der Waals surface area (Å²) in [6.07, 6.45) is 4.72. The first kappa shape index (κ1) is 15.8. The Morgan fingerprint density at radius 2 is 2.32 bits per heavy atom. The van der Waals surface area contributed by atoms with E-state index in [0.717, 1.165) is 37.1 Å². The number of aromatic amines is 1. The molecular formula is C17H19N5O3. The molecule has 0 bridgehead atoms. The van der Waals surface area contributed by atoms with Crippen LogP contribution < -0.4 is 0 Å². The molecule has 130 valence electrons. The van der Waals surface area contributed by atoms with Gasteiger partial charge in [-0.2, -0.15) is 10.2 Å². The highest BCUT2D eigenvalue weighted by atomic mass is 16.5. The minimum atomic E-state index is -0.444. The second kappa shape index (κ2) is 6.64. The van der Waals surface area contributed by atoms with Gasteiger partial charge in [-0.25, -0.2) is 14.5 Å². The first-order valence-electron chi connectivity index (χ1n) is 8.45. The molecule has 0 amide bonds. The number of carbonyl (C=O) groups is 1. The van der Waals surface area contributed by atoms with E-state index in [2.05, 4.69) is 20.3 Å². The van der Waals surface area contributed by atoms with Crippen LogP contribution in [0.25, 0.3) is 22.4 Å². The molecule has 1 aliphatic heterocycles. The molecule has 0 saturated carbocycles. The van der Waals surface area contributed by atoms with Crippen LogP contribution >= 0.6 is 0 Å². The maximum Gasteiger partial charge on any atom is 0.356 e. The number of nitrogens with zero attached hydrogens (tertiary/aromatic N) is 4. The normalized spacial score (nSPS) is 17.7. The van der Waals surface area contributed by atoms with Crippen LogP contribution in [0.5, 0.6) is 0 Å². The number of aromatic nitrogens is 5. The number of esters is 1. The average Bonchev–Trinajstić information content (AvgIpc) is 3.28. The highest BCUT2D eigenvalue weighted by Crippen LogP contribution is 2.30. The van der Waals surface area contributed by atoms with Gasteiger partial charge in [-0.05, 0) is 44.4 Å². The average molecular weight is 341 g/mol. The van der Waals surface area contributed by atoms with Crippen molar-refractivity contribution in [1.29, 1.82) is 0 Å². The summed E-state index contributed by atoms with van der Waals surface area (Å²) in [5, 5.41) is 11.7. The van der Waals surface area contributed by atoms with Crippen LogP contribution in [0, 0.1) is 0 Å². The van der Waals surface area contributed by atoms with Gasteiger partial charge in [0.2, 0.25) is 0 Å². The van der Waals surface area contributed by atoms with Crippen molar-refractivity contribution < 1.29 is 14.3 Å². The summed E-state index contributed by atoms with van der Waals surface area (Å²) >= 11 is 0. The van der Waals surface area contributed by atoms with E-state index in [1.54, 1.807) is 25.3 Å². The fourth-order valence-electron chi connectivity index (χ4n) is 3.04. The van der Waals surface area contributed by atoms with Gasteiger partial charge in [0.05, 0.1) is 17.8 Å². The lowest BCUT2D eigenvalue weighted by molar-refractivity contribution is -0.0383. The molecule has 1 aliphatic rings. The molecule has 1 atom stereocenters. The predicted molar refractivity (Wildman–Crippen MR) is 89.9 cm³/mol. The lowest BCUT2D eigenvalue weighted by atomic mass is 10.2. The van der Waals surface area contributed by atoms with Crippen LogP contribution in [0.2, 0.25) is 0 Å². The van der Waals surface area contributed by atoms with E-state index in [1.807, 2.05) is 10.7 Å². The zero-order valence-electron chi connectivity index (χ0n) is 13.9. The van der Waals surface area contributed by atoms with Crippen LogP contribution in [0.1, 0.15) is 42.9 Å². The Hall–Kier alpha value is -2.74. The van der Waals surface area contributed by atoms with E-state index in [-0.39, 0.29) is 11.9 Å². The van der Waals surface area contributed by atoms with Gasteiger partial charge in [0.15, 0.2) is 6.23 Å². The molecule has 1 N–H and O–H groups in total. The van der Waals surface area contributed by atoms with Crippen LogP contribution in [-0.4, -0.2) is 44.1 Å². The van der Waals surface area contributed by atoms with E-state index < -0.39 is 5.97 Å². The van der Waals surface area contributed by atoms with Crippen molar-refractivity contribution in [3.63, 3.8) is 0 Å². The highest BCUT2D eigenvalue weighted by Gasteiger charge is 2.23. The number of fused-ring (bicyclic) bond motifs is 1. The lowest BCUT2D eigenvalue weighted by Crippen LogP contribution is -2.20.